The van der Waals surface area contributed by atoms with Crippen molar-refractivity contribution in [2.24, 2.45) is 0 Å². The van der Waals surface area contributed by atoms with Crippen molar-refractivity contribution >= 4 is 39.2 Å². The lowest BCUT2D eigenvalue weighted by atomic mass is 9.86. The molecule has 2 rings (SSSR count). The number of hydrogen-bond donors (Lipinski definition) is 1. The second kappa shape index (κ2) is 6.23. The van der Waals surface area contributed by atoms with Gasteiger partial charge in [-0.1, -0.05) is 12.1 Å². The van der Waals surface area contributed by atoms with Gasteiger partial charge < -0.3 is 9.84 Å². The molecule has 114 valence electrons. The minimum atomic E-state index is -0.714. The first-order valence-electron chi connectivity index (χ1n) is 6.25. The average molecular weight is 367 g/mol. The molecule has 1 aromatic rings. The second-order valence-corrected chi connectivity index (χ2v) is 5.41. The molecule has 0 heterocycles. The molecule has 1 aliphatic rings. The van der Waals surface area contributed by atoms with Crippen LogP contribution in [0, 0.1) is 0 Å². The van der Waals surface area contributed by atoms with Gasteiger partial charge in [-0.15, -0.1) is 0 Å². The molecule has 0 atom stereocenters. The fourth-order valence-corrected chi connectivity index (χ4v) is 2.65. The van der Waals surface area contributed by atoms with Gasteiger partial charge in [0.1, 0.15) is 18.0 Å². The Kier molecular flexibility index (Phi) is 4.56. The van der Waals surface area contributed by atoms with E-state index < -0.39 is 29.7 Å². The predicted molar refractivity (Wildman–Crippen MR) is 79.0 cm³/mol. The highest BCUT2D eigenvalue weighted by Gasteiger charge is 2.34. The van der Waals surface area contributed by atoms with Crippen LogP contribution in [-0.2, 0) is 14.3 Å². The van der Waals surface area contributed by atoms with Crippen molar-refractivity contribution in [3.05, 3.63) is 39.4 Å². The van der Waals surface area contributed by atoms with Crippen molar-refractivity contribution in [1.82, 2.24) is 0 Å². The number of phenolic OH excluding ortho intramolecular Hbond substituents is 1. The largest absolute Gasteiger partial charge is 0.507 e. The Morgan fingerprint density at radius 2 is 1.91 bits per heavy atom. The Morgan fingerprint density at radius 3 is 2.55 bits per heavy atom. The molecular formula is C15H11BrO6. The number of aromatic hydroxyl groups is 1. The van der Waals surface area contributed by atoms with Crippen LogP contribution in [0.25, 0.3) is 0 Å². The van der Waals surface area contributed by atoms with E-state index in [0.29, 0.717) is 0 Å². The SMILES string of the molecule is COC(=O)CC(=O)CC1=C(Br)C(=O)c2c(O)cccc2C1=O. The standard InChI is InChI=1S/C15H11BrO6/c1-22-11(19)6-7(17)5-9-13(16)15(21)12-8(14(9)20)3-2-4-10(12)18/h2-4,18H,5-6H2,1H3. The number of carbonyl (C=O) groups is 4. The molecule has 0 fully saturated rings. The number of ether oxygens (including phenoxy) is 1. The number of halogens is 1. The van der Waals surface area contributed by atoms with E-state index >= 15 is 0 Å². The number of allylic oxidation sites excluding steroid dienone is 2. The van der Waals surface area contributed by atoms with Gasteiger partial charge in [0, 0.05) is 17.6 Å². The summed E-state index contributed by atoms with van der Waals surface area (Å²) in [5.74, 6) is -2.66. The lowest BCUT2D eigenvalue weighted by Crippen LogP contribution is -2.22. The summed E-state index contributed by atoms with van der Waals surface area (Å²) in [6.45, 7) is 0. The Balaban J connectivity index is 2.36. The highest BCUT2D eigenvalue weighted by Crippen LogP contribution is 2.35. The Hall–Kier alpha value is -2.28. The lowest BCUT2D eigenvalue weighted by molar-refractivity contribution is -0.143. The maximum atomic E-state index is 12.4. The maximum absolute atomic E-state index is 12.4. The van der Waals surface area contributed by atoms with Crippen molar-refractivity contribution in [1.29, 1.82) is 0 Å². The zero-order valence-corrected chi connectivity index (χ0v) is 13.1. The summed E-state index contributed by atoms with van der Waals surface area (Å²) in [4.78, 5) is 47.5. The molecule has 0 saturated heterocycles. The van der Waals surface area contributed by atoms with Crippen LogP contribution in [0.15, 0.2) is 28.3 Å². The number of Topliss-reactive ketones (excluding diaryl/α,β-unsaturated/α-hetero) is 3. The van der Waals surface area contributed by atoms with Crippen molar-refractivity contribution in [2.45, 2.75) is 12.8 Å². The summed E-state index contributed by atoms with van der Waals surface area (Å²) in [7, 11) is 1.15. The van der Waals surface area contributed by atoms with Crippen molar-refractivity contribution in [3.8, 4) is 5.75 Å². The molecule has 0 amide bonds. The minimum absolute atomic E-state index is 0.0306. The first kappa shape index (κ1) is 16.1. The van der Waals surface area contributed by atoms with Gasteiger partial charge in [-0.2, -0.15) is 0 Å². The Labute approximate surface area is 133 Å². The molecule has 1 N–H and O–H groups in total. The molecule has 0 aliphatic heterocycles. The van der Waals surface area contributed by atoms with Gasteiger partial charge in [-0.3, -0.25) is 19.2 Å². The topological polar surface area (TPSA) is 97.7 Å². The maximum Gasteiger partial charge on any atom is 0.313 e. The van der Waals surface area contributed by atoms with Crippen LogP contribution < -0.4 is 0 Å². The molecule has 0 saturated carbocycles. The summed E-state index contributed by atoms with van der Waals surface area (Å²) in [5, 5.41) is 9.74. The molecule has 0 radical (unpaired) electrons. The van der Waals surface area contributed by atoms with Gasteiger partial charge >= 0.3 is 5.97 Å². The number of hydrogen-bond acceptors (Lipinski definition) is 6. The number of phenols is 1. The quantitative estimate of drug-likeness (QED) is 0.645. The van der Waals surface area contributed by atoms with Crippen molar-refractivity contribution in [3.63, 3.8) is 0 Å². The van der Waals surface area contributed by atoms with Crippen LogP contribution in [0.3, 0.4) is 0 Å². The number of rotatable bonds is 4. The monoisotopic (exact) mass is 366 g/mol. The number of esters is 1. The summed E-state index contributed by atoms with van der Waals surface area (Å²) in [6.07, 6.45) is -0.843. The van der Waals surface area contributed by atoms with Crippen LogP contribution in [0.5, 0.6) is 5.75 Å². The van der Waals surface area contributed by atoms with Crippen LogP contribution in [0.2, 0.25) is 0 Å². The van der Waals surface area contributed by atoms with Crippen LogP contribution >= 0.6 is 15.9 Å². The van der Waals surface area contributed by atoms with E-state index in [4.69, 9.17) is 0 Å². The fourth-order valence-electron chi connectivity index (χ4n) is 2.13. The molecule has 0 unspecified atom stereocenters. The zero-order valence-electron chi connectivity index (χ0n) is 11.5. The summed E-state index contributed by atoms with van der Waals surface area (Å²) in [5.41, 5.74) is -0.0883. The molecule has 7 heteroatoms. The zero-order chi connectivity index (χ0) is 16.4. The van der Waals surface area contributed by atoms with Crippen molar-refractivity contribution < 1.29 is 29.0 Å². The number of ketones is 3. The summed E-state index contributed by atoms with van der Waals surface area (Å²) < 4.78 is 4.31. The number of fused-ring (bicyclic) bond motifs is 1. The van der Waals surface area contributed by atoms with Crippen molar-refractivity contribution in [2.75, 3.05) is 7.11 Å². The molecule has 6 nitrogen and oxygen atoms in total. The van der Waals surface area contributed by atoms with Crippen LogP contribution in [0.1, 0.15) is 33.6 Å². The normalized spacial score (nSPS) is 13.9. The highest BCUT2D eigenvalue weighted by molar-refractivity contribution is 9.12. The van der Waals surface area contributed by atoms with E-state index in [2.05, 4.69) is 20.7 Å². The minimum Gasteiger partial charge on any atom is -0.507 e. The average Bonchev–Trinajstić information content (AvgIpc) is 2.49. The van der Waals surface area contributed by atoms with Crippen LogP contribution in [-0.4, -0.2) is 35.5 Å². The van der Waals surface area contributed by atoms with Gasteiger partial charge in [-0.05, 0) is 22.0 Å². The highest BCUT2D eigenvalue weighted by atomic mass is 79.9. The van der Waals surface area contributed by atoms with E-state index in [1.54, 1.807) is 0 Å². The fraction of sp³-hybridized carbons (Fsp3) is 0.200. The smallest absolute Gasteiger partial charge is 0.313 e. The van der Waals surface area contributed by atoms with E-state index in [0.717, 1.165) is 7.11 Å². The molecule has 0 bridgehead atoms. The van der Waals surface area contributed by atoms with E-state index in [9.17, 15) is 24.3 Å². The predicted octanol–water partition coefficient (Wildman–Crippen LogP) is 1.94. The molecule has 1 aromatic carbocycles. The number of carbonyl (C=O) groups excluding carboxylic acids is 4. The van der Waals surface area contributed by atoms with Gasteiger partial charge in [0.05, 0.1) is 17.2 Å². The number of methoxy groups -OCH3 is 1. The van der Waals surface area contributed by atoms with Gasteiger partial charge in [0.2, 0.25) is 5.78 Å². The van der Waals surface area contributed by atoms with E-state index in [1.807, 2.05) is 0 Å². The summed E-state index contributed by atoms with van der Waals surface area (Å²) >= 11 is 3.01. The molecule has 0 aromatic heterocycles. The molecular weight excluding hydrogens is 356 g/mol. The van der Waals surface area contributed by atoms with E-state index in [1.165, 1.54) is 18.2 Å². The molecule has 22 heavy (non-hydrogen) atoms. The second-order valence-electron chi connectivity index (χ2n) is 4.62. The first-order valence-corrected chi connectivity index (χ1v) is 7.04. The van der Waals surface area contributed by atoms with Gasteiger partial charge in [0.15, 0.2) is 5.78 Å². The molecule has 1 aliphatic carbocycles. The third-order valence-corrected chi connectivity index (χ3v) is 4.03. The van der Waals surface area contributed by atoms with Gasteiger partial charge in [-0.25, -0.2) is 0 Å². The Morgan fingerprint density at radius 1 is 1.23 bits per heavy atom. The van der Waals surface area contributed by atoms with E-state index in [-0.39, 0.29) is 33.4 Å². The Bertz CT molecular complexity index is 732. The third kappa shape index (κ3) is 2.85. The number of benzene rings is 1. The molecule has 0 spiro atoms. The van der Waals surface area contributed by atoms with Crippen LogP contribution in [0.4, 0.5) is 0 Å². The first-order chi connectivity index (χ1) is 10.4. The lowest BCUT2D eigenvalue weighted by Gasteiger charge is -2.18. The van der Waals surface area contributed by atoms with Gasteiger partial charge in [0.25, 0.3) is 0 Å². The third-order valence-electron chi connectivity index (χ3n) is 3.20. The summed E-state index contributed by atoms with van der Waals surface area (Å²) in [6, 6.07) is 4.14.